The molecule has 0 radical (unpaired) electrons. The molecular weight excluding hydrogens is 257 g/mol. The van der Waals surface area contributed by atoms with E-state index in [0.717, 1.165) is 30.5 Å². The molecule has 0 amide bonds. The number of carbonyl (C=O) groups is 1. The number of rotatable bonds is 2. The fourth-order valence-corrected chi connectivity index (χ4v) is 2.62. The second-order valence-electron chi connectivity index (χ2n) is 5.01. The minimum atomic E-state index is -4.31. The van der Waals surface area contributed by atoms with Crippen molar-refractivity contribution in [1.82, 2.24) is 0 Å². The quantitative estimate of drug-likeness (QED) is 0.881. The van der Waals surface area contributed by atoms with Gasteiger partial charge in [-0.15, -0.1) is 0 Å². The van der Waals surface area contributed by atoms with Gasteiger partial charge in [-0.25, -0.2) is 0 Å². The van der Waals surface area contributed by atoms with Gasteiger partial charge in [0, 0.05) is 0 Å². The molecule has 1 fully saturated rings. The van der Waals surface area contributed by atoms with E-state index in [4.69, 9.17) is 5.11 Å². The summed E-state index contributed by atoms with van der Waals surface area (Å²) >= 11 is 0. The van der Waals surface area contributed by atoms with Crippen LogP contribution >= 0.6 is 0 Å². The average Bonchev–Trinajstić information content (AvgIpc) is 2.38. The molecule has 0 saturated heterocycles. The van der Waals surface area contributed by atoms with Gasteiger partial charge in [0.25, 0.3) is 0 Å². The lowest BCUT2D eigenvalue weighted by atomic mass is 9.78. The SMILES string of the molecule is O=C(O)C1CCC(c2ccc(C(F)(F)F)cc2)CC1. The molecule has 104 valence electrons. The highest BCUT2D eigenvalue weighted by Crippen LogP contribution is 2.37. The topological polar surface area (TPSA) is 37.3 Å². The van der Waals surface area contributed by atoms with Gasteiger partial charge >= 0.3 is 12.1 Å². The molecule has 0 unspecified atom stereocenters. The third-order valence-corrected chi connectivity index (χ3v) is 3.79. The van der Waals surface area contributed by atoms with Gasteiger partial charge in [-0.3, -0.25) is 4.79 Å². The Morgan fingerprint density at radius 2 is 1.58 bits per heavy atom. The summed E-state index contributed by atoms with van der Waals surface area (Å²) in [5.74, 6) is -0.894. The van der Waals surface area contributed by atoms with Crippen molar-refractivity contribution in [1.29, 1.82) is 0 Å². The molecule has 1 saturated carbocycles. The van der Waals surface area contributed by atoms with Crippen LogP contribution in [0.4, 0.5) is 13.2 Å². The summed E-state index contributed by atoms with van der Waals surface area (Å²) in [5.41, 5.74) is 0.229. The van der Waals surface area contributed by atoms with Gasteiger partial charge in [0.1, 0.15) is 0 Å². The molecule has 0 spiro atoms. The van der Waals surface area contributed by atoms with Crippen LogP contribution in [-0.4, -0.2) is 11.1 Å². The number of aliphatic carboxylic acids is 1. The van der Waals surface area contributed by atoms with Gasteiger partial charge in [0.05, 0.1) is 11.5 Å². The third-order valence-electron chi connectivity index (χ3n) is 3.79. The first kappa shape index (κ1) is 13.9. The van der Waals surface area contributed by atoms with Crippen LogP contribution in [0, 0.1) is 5.92 Å². The second kappa shape index (κ2) is 5.23. The molecule has 1 aliphatic carbocycles. The fourth-order valence-electron chi connectivity index (χ4n) is 2.62. The van der Waals surface area contributed by atoms with E-state index in [1.54, 1.807) is 0 Å². The molecule has 0 aromatic heterocycles. The summed E-state index contributed by atoms with van der Waals surface area (Å²) in [5, 5.41) is 8.90. The molecule has 0 aliphatic heterocycles. The van der Waals surface area contributed by atoms with Crippen LogP contribution < -0.4 is 0 Å². The molecule has 0 atom stereocenters. The predicted octanol–water partition coefficient (Wildman–Crippen LogP) is 4.06. The first-order valence-corrected chi connectivity index (χ1v) is 6.28. The Hall–Kier alpha value is -1.52. The second-order valence-corrected chi connectivity index (χ2v) is 5.01. The van der Waals surface area contributed by atoms with Crippen LogP contribution in [0.3, 0.4) is 0 Å². The zero-order valence-electron chi connectivity index (χ0n) is 10.3. The summed E-state index contributed by atoms with van der Waals surface area (Å²) < 4.78 is 37.3. The van der Waals surface area contributed by atoms with Crippen LogP contribution in [0.2, 0.25) is 0 Å². The molecular formula is C14H15F3O2. The van der Waals surface area contributed by atoms with E-state index in [2.05, 4.69) is 0 Å². The van der Waals surface area contributed by atoms with Crippen molar-refractivity contribution in [2.45, 2.75) is 37.8 Å². The van der Waals surface area contributed by atoms with Gasteiger partial charge in [0.2, 0.25) is 0 Å². The number of hydrogen-bond acceptors (Lipinski definition) is 1. The van der Waals surface area contributed by atoms with Gasteiger partial charge in [0.15, 0.2) is 0 Å². The molecule has 5 heteroatoms. The van der Waals surface area contributed by atoms with Crippen LogP contribution in [0.25, 0.3) is 0 Å². The van der Waals surface area contributed by atoms with E-state index in [1.807, 2.05) is 0 Å². The maximum absolute atomic E-state index is 12.4. The minimum Gasteiger partial charge on any atom is -0.481 e. The number of alkyl halides is 3. The minimum absolute atomic E-state index is 0.179. The first-order valence-electron chi connectivity index (χ1n) is 6.28. The average molecular weight is 272 g/mol. The predicted molar refractivity (Wildman–Crippen MR) is 63.8 cm³/mol. The number of halogens is 3. The zero-order chi connectivity index (χ0) is 14.0. The monoisotopic (exact) mass is 272 g/mol. The number of carboxylic acid groups (broad SMARTS) is 1. The lowest BCUT2D eigenvalue weighted by Gasteiger charge is -2.26. The smallest absolute Gasteiger partial charge is 0.416 e. The van der Waals surface area contributed by atoms with E-state index in [0.29, 0.717) is 12.8 Å². The van der Waals surface area contributed by atoms with Crippen LogP contribution in [0.1, 0.15) is 42.7 Å². The van der Waals surface area contributed by atoms with E-state index >= 15 is 0 Å². The summed E-state index contributed by atoms with van der Waals surface area (Å²) in [6.45, 7) is 0. The van der Waals surface area contributed by atoms with Gasteiger partial charge in [-0.1, -0.05) is 12.1 Å². The van der Waals surface area contributed by atoms with Gasteiger partial charge < -0.3 is 5.11 Å². The molecule has 19 heavy (non-hydrogen) atoms. The van der Waals surface area contributed by atoms with Crippen molar-refractivity contribution in [3.05, 3.63) is 35.4 Å². The van der Waals surface area contributed by atoms with E-state index < -0.39 is 17.7 Å². The number of hydrogen-bond donors (Lipinski definition) is 1. The van der Waals surface area contributed by atoms with Crippen LogP contribution in [-0.2, 0) is 11.0 Å². The fraction of sp³-hybridized carbons (Fsp3) is 0.500. The highest BCUT2D eigenvalue weighted by Gasteiger charge is 2.31. The Kier molecular flexibility index (Phi) is 3.83. The Labute approximate surface area is 109 Å². The summed E-state index contributed by atoms with van der Waals surface area (Å²) in [7, 11) is 0. The summed E-state index contributed by atoms with van der Waals surface area (Å²) in [6.07, 6.45) is -1.66. The maximum Gasteiger partial charge on any atom is 0.416 e. The molecule has 1 N–H and O–H groups in total. The van der Waals surface area contributed by atoms with Crippen molar-refractivity contribution in [3.63, 3.8) is 0 Å². The molecule has 1 aliphatic rings. The Morgan fingerprint density at radius 1 is 1.05 bits per heavy atom. The molecule has 0 bridgehead atoms. The van der Waals surface area contributed by atoms with E-state index in [-0.39, 0.29) is 11.8 Å². The van der Waals surface area contributed by atoms with Crippen molar-refractivity contribution in [2.24, 2.45) is 5.92 Å². The lowest BCUT2D eigenvalue weighted by molar-refractivity contribution is -0.143. The highest BCUT2D eigenvalue weighted by molar-refractivity contribution is 5.70. The molecule has 2 rings (SSSR count). The highest BCUT2D eigenvalue weighted by atomic mass is 19.4. The first-order chi connectivity index (χ1) is 8.88. The summed E-state index contributed by atoms with van der Waals surface area (Å²) in [6, 6.07) is 5.21. The Bertz CT molecular complexity index is 443. The third kappa shape index (κ3) is 3.28. The lowest BCUT2D eigenvalue weighted by Crippen LogP contribution is -2.20. The Balaban J connectivity index is 2.02. The van der Waals surface area contributed by atoms with Crippen molar-refractivity contribution >= 4 is 5.97 Å². The largest absolute Gasteiger partial charge is 0.481 e. The zero-order valence-corrected chi connectivity index (χ0v) is 10.3. The van der Waals surface area contributed by atoms with Crippen LogP contribution in [0.15, 0.2) is 24.3 Å². The van der Waals surface area contributed by atoms with E-state index in [1.165, 1.54) is 12.1 Å². The molecule has 2 nitrogen and oxygen atoms in total. The molecule has 1 aromatic carbocycles. The number of carboxylic acids is 1. The van der Waals surface area contributed by atoms with Gasteiger partial charge in [-0.05, 0) is 49.3 Å². The van der Waals surface area contributed by atoms with Crippen molar-refractivity contribution in [3.8, 4) is 0 Å². The van der Waals surface area contributed by atoms with Crippen molar-refractivity contribution in [2.75, 3.05) is 0 Å². The normalized spacial score (nSPS) is 24.2. The maximum atomic E-state index is 12.4. The van der Waals surface area contributed by atoms with Gasteiger partial charge in [-0.2, -0.15) is 13.2 Å². The van der Waals surface area contributed by atoms with Crippen molar-refractivity contribution < 1.29 is 23.1 Å². The standard InChI is InChI=1S/C14H15F3O2/c15-14(16,17)12-7-5-10(6-8-12)9-1-3-11(4-2-9)13(18)19/h5-9,11H,1-4H2,(H,18,19). The number of benzene rings is 1. The van der Waals surface area contributed by atoms with E-state index in [9.17, 15) is 18.0 Å². The molecule has 1 aromatic rings. The summed E-state index contributed by atoms with van der Waals surface area (Å²) in [4.78, 5) is 10.8. The molecule has 0 heterocycles. The Morgan fingerprint density at radius 3 is 2.00 bits per heavy atom. The van der Waals surface area contributed by atoms with Crippen LogP contribution in [0.5, 0.6) is 0 Å².